The second kappa shape index (κ2) is 18.1. The molecule has 0 aliphatic carbocycles. The molecule has 0 unspecified atom stereocenters. The Kier molecular flexibility index (Phi) is 13.9. The van der Waals surface area contributed by atoms with E-state index in [1.807, 2.05) is 21.3 Å². The normalized spacial score (nSPS) is 15.6. The number of fused-ring (bicyclic) bond motifs is 6. The number of benzene rings is 2. The van der Waals surface area contributed by atoms with E-state index in [9.17, 15) is 29.4 Å². The molecule has 0 fully saturated rings. The lowest BCUT2D eigenvalue weighted by atomic mass is 9.79. The molecule has 0 amide bonds. The van der Waals surface area contributed by atoms with E-state index >= 15 is 0 Å². The topological polar surface area (TPSA) is 156 Å². The third-order valence-corrected chi connectivity index (χ3v) is 11.1. The number of aromatic nitrogens is 2. The van der Waals surface area contributed by atoms with E-state index in [0.29, 0.717) is 72.2 Å². The fourth-order valence-electron chi connectivity index (χ4n) is 7.43. The number of pyridine rings is 2. The van der Waals surface area contributed by atoms with Gasteiger partial charge in [0, 0.05) is 88.0 Å². The minimum absolute atomic E-state index is 0.0220. The first-order valence-corrected chi connectivity index (χ1v) is 19.9. The average molecular weight is 840 g/mol. The Labute approximate surface area is 348 Å². The van der Waals surface area contributed by atoms with Crippen molar-refractivity contribution in [2.75, 3.05) is 40.6 Å². The van der Waals surface area contributed by atoms with Crippen LogP contribution in [-0.2, 0) is 22.3 Å². The van der Waals surface area contributed by atoms with Crippen molar-refractivity contribution in [2.45, 2.75) is 79.3 Å². The SMILES string of the molecule is COCCCOc1cc2c(cc1Cl)-c1cc(=O)c(C(=O)O)cn1[C@@H](C(C)(C)C)C2.COCCCOc1cc2c(cc1Cl)-c1cc(=O)c(C(=O)O)cn1[C@H](C(C)(C)C)C2. The van der Waals surface area contributed by atoms with Crippen molar-refractivity contribution >= 4 is 35.1 Å². The van der Waals surface area contributed by atoms with Gasteiger partial charge < -0.3 is 38.3 Å². The minimum atomic E-state index is -1.22. The summed E-state index contributed by atoms with van der Waals surface area (Å²) < 4.78 is 25.6. The maximum atomic E-state index is 12.4. The fraction of sp³-hybridized carbons (Fsp3) is 0.455. The van der Waals surface area contributed by atoms with Gasteiger partial charge in [0.2, 0.25) is 0 Å². The van der Waals surface area contributed by atoms with E-state index in [-0.39, 0.29) is 34.0 Å². The highest BCUT2D eigenvalue weighted by atomic mass is 35.5. The van der Waals surface area contributed by atoms with Gasteiger partial charge in [-0.3, -0.25) is 9.59 Å². The molecule has 4 heterocycles. The van der Waals surface area contributed by atoms with E-state index < -0.39 is 22.8 Å². The molecule has 58 heavy (non-hydrogen) atoms. The number of carboxylic acids is 2. The zero-order valence-corrected chi connectivity index (χ0v) is 35.8. The Hall–Kier alpha value is -4.62. The molecule has 2 N–H and O–H groups in total. The largest absolute Gasteiger partial charge is 0.492 e. The monoisotopic (exact) mass is 838 g/mol. The van der Waals surface area contributed by atoms with Crippen LogP contribution in [0.2, 0.25) is 10.0 Å². The molecule has 0 spiro atoms. The summed E-state index contributed by atoms with van der Waals surface area (Å²) in [6.07, 6.45) is 5.79. The van der Waals surface area contributed by atoms with Crippen LogP contribution in [0.25, 0.3) is 22.5 Å². The van der Waals surface area contributed by atoms with Crippen LogP contribution in [0, 0.1) is 10.8 Å². The molecule has 12 nitrogen and oxygen atoms in total. The molecule has 2 aliphatic rings. The average Bonchev–Trinajstić information content (AvgIpc) is 3.14. The van der Waals surface area contributed by atoms with Gasteiger partial charge in [0.15, 0.2) is 10.9 Å². The molecular formula is C44H52Cl2N2O10. The number of methoxy groups -OCH3 is 2. The predicted molar refractivity (Wildman–Crippen MR) is 225 cm³/mol. The fourth-order valence-corrected chi connectivity index (χ4v) is 7.86. The lowest BCUT2D eigenvalue weighted by Crippen LogP contribution is -2.32. The van der Waals surface area contributed by atoms with Crippen LogP contribution in [0.4, 0.5) is 0 Å². The van der Waals surface area contributed by atoms with Crippen LogP contribution in [0.5, 0.6) is 11.5 Å². The van der Waals surface area contributed by atoms with Crippen molar-refractivity contribution in [1.82, 2.24) is 9.13 Å². The lowest BCUT2D eigenvalue weighted by molar-refractivity contribution is 0.0683. The van der Waals surface area contributed by atoms with E-state index in [0.717, 1.165) is 35.1 Å². The van der Waals surface area contributed by atoms with Crippen molar-refractivity contribution < 1.29 is 38.7 Å². The van der Waals surface area contributed by atoms with Gasteiger partial charge in [0.25, 0.3) is 0 Å². The Morgan fingerprint density at radius 3 is 1.31 bits per heavy atom. The third-order valence-electron chi connectivity index (χ3n) is 10.5. The van der Waals surface area contributed by atoms with E-state index in [4.69, 9.17) is 42.1 Å². The number of carboxylic acid groups (broad SMARTS) is 2. The van der Waals surface area contributed by atoms with E-state index in [2.05, 4.69) is 41.5 Å². The van der Waals surface area contributed by atoms with Gasteiger partial charge in [-0.05, 0) is 59.1 Å². The standard InChI is InChI=1S/2C22H26ClNO5/c2*1-22(2,3)20-9-13-8-19(29-7-5-6-28-4)16(23)10-14(13)17-11-18(25)15(21(26)27)12-24(17)20/h2*8,10-12,20H,5-7,9H2,1-4H3,(H,26,27)/t2*20-/m10/s1. The quantitative estimate of drug-likeness (QED) is 0.132. The molecule has 6 rings (SSSR count). The maximum absolute atomic E-state index is 12.4. The second-order valence-corrected chi connectivity index (χ2v) is 17.6. The Morgan fingerprint density at radius 1 is 0.638 bits per heavy atom. The lowest BCUT2D eigenvalue weighted by Gasteiger charge is -2.39. The number of nitrogens with zero attached hydrogens (tertiary/aromatic N) is 2. The Bertz CT molecular complexity index is 2140. The zero-order chi connectivity index (χ0) is 42.7. The summed E-state index contributed by atoms with van der Waals surface area (Å²) in [7, 11) is 3.29. The summed E-state index contributed by atoms with van der Waals surface area (Å²) in [6, 6.07) is 10.2. The summed E-state index contributed by atoms with van der Waals surface area (Å²) >= 11 is 12.9. The van der Waals surface area contributed by atoms with Crippen LogP contribution in [0.15, 0.2) is 58.4 Å². The van der Waals surface area contributed by atoms with E-state index in [1.54, 1.807) is 26.4 Å². The number of hydrogen-bond acceptors (Lipinski definition) is 8. The first-order chi connectivity index (χ1) is 27.3. The van der Waals surface area contributed by atoms with Gasteiger partial charge in [-0.25, -0.2) is 9.59 Å². The number of carbonyl (C=O) groups is 2. The highest BCUT2D eigenvalue weighted by Gasteiger charge is 2.35. The summed E-state index contributed by atoms with van der Waals surface area (Å²) in [6.45, 7) is 14.8. The number of halogens is 2. The summed E-state index contributed by atoms with van der Waals surface area (Å²) in [4.78, 5) is 47.8. The highest BCUT2D eigenvalue weighted by Crippen LogP contribution is 2.46. The zero-order valence-electron chi connectivity index (χ0n) is 34.2. The van der Waals surface area contributed by atoms with Gasteiger partial charge in [-0.2, -0.15) is 0 Å². The first-order valence-electron chi connectivity index (χ1n) is 19.1. The third kappa shape index (κ3) is 9.80. The van der Waals surface area contributed by atoms with E-state index in [1.165, 1.54) is 24.5 Å². The molecule has 312 valence electrons. The predicted octanol–water partition coefficient (Wildman–Crippen LogP) is 8.85. The van der Waals surface area contributed by atoms with Crippen molar-refractivity contribution in [3.63, 3.8) is 0 Å². The number of aromatic carboxylic acids is 2. The molecule has 2 aromatic carbocycles. The van der Waals surface area contributed by atoms with Crippen LogP contribution in [-0.4, -0.2) is 71.9 Å². The first kappa shape index (κ1) is 44.5. The molecule has 0 bridgehead atoms. The maximum Gasteiger partial charge on any atom is 0.341 e. The van der Waals surface area contributed by atoms with Crippen LogP contribution >= 0.6 is 23.2 Å². The number of hydrogen-bond donors (Lipinski definition) is 2. The van der Waals surface area contributed by atoms with Crippen LogP contribution in [0.1, 0.15) is 98.3 Å². The molecule has 2 aliphatic heterocycles. The molecule has 2 atom stereocenters. The number of rotatable bonds is 12. The van der Waals surface area contributed by atoms with Crippen molar-refractivity contribution in [2.24, 2.45) is 10.8 Å². The molecule has 0 saturated carbocycles. The minimum Gasteiger partial charge on any atom is -0.492 e. The molecule has 0 saturated heterocycles. The van der Waals surface area contributed by atoms with Crippen molar-refractivity contribution in [1.29, 1.82) is 0 Å². The number of ether oxygens (including phenoxy) is 4. The molecule has 4 aromatic rings. The molecule has 2 aromatic heterocycles. The summed E-state index contributed by atoms with van der Waals surface area (Å²) in [5.41, 5.74) is 3.27. The van der Waals surface area contributed by atoms with Gasteiger partial charge in [-0.15, -0.1) is 0 Å². The van der Waals surface area contributed by atoms with Gasteiger partial charge in [-0.1, -0.05) is 64.7 Å². The molecule has 14 heteroatoms. The molecular weight excluding hydrogens is 787 g/mol. The second-order valence-electron chi connectivity index (χ2n) is 16.7. The molecule has 0 radical (unpaired) electrons. The summed E-state index contributed by atoms with van der Waals surface area (Å²) in [5.74, 6) is -1.23. The highest BCUT2D eigenvalue weighted by molar-refractivity contribution is 6.32. The van der Waals surface area contributed by atoms with Gasteiger partial charge >= 0.3 is 11.9 Å². The smallest absolute Gasteiger partial charge is 0.341 e. The van der Waals surface area contributed by atoms with Crippen molar-refractivity contribution in [3.8, 4) is 34.0 Å². The van der Waals surface area contributed by atoms with Gasteiger partial charge in [0.1, 0.15) is 22.6 Å². The van der Waals surface area contributed by atoms with Crippen LogP contribution < -0.4 is 20.3 Å². The Morgan fingerprint density at radius 2 is 1.00 bits per heavy atom. The van der Waals surface area contributed by atoms with Gasteiger partial charge in [0.05, 0.1) is 34.6 Å². The van der Waals surface area contributed by atoms with Crippen molar-refractivity contribution in [3.05, 3.63) is 102 Å². The summed E-state index contributed by atoms with van der Waals surface area (Å²) in [5, 5.41) is 19.7. The van der Waals surface area contributed by atoms with Crippen LogP contribution in [0.3, 0.4) is 0 Å². The Balaban J connectivity index is 0.000000221.